The molecule has 0 radical (unpaired) electrons. The number of hydrogen-bond donors (Lipinski definition) is 1. The van der Waals surface area contributed by atoms with E-state index in [0.29, 0.717) is 24.9 Å². The molecular weight excluding hydrogens is 438 g/mol. The van der Waals surface area contributed by atoms with Crippen LogP contribution in [0.15, 0.2) is 66.7 Å². The van der Waals surface area contributed by atoms with Gasteiger partial charge in [-0.25, -0.2) is 0 Å². The zero-order valence-electron chi connectivity index (χ0n) is 20.7. The quantitative estimate of drug-likeness (QED) is 0.471. The minimum atomic E-state index is -0.601. The number of carbonyl (C=O) groups excluding carboxylic acids is 3. The molecule has 6 nitrogen and oxygen atoms in total. The number of amides is 3. The van der Waals surface area contributed by atoms with Crippen LogP contribution >= 0.6 is 0 Å². The van der Waals surface area contributed by atoms with E-state index in [-0.39, 0.29) is 30.3 Å². The standard InChI is InChI=1S/C29H33N3O3/c1-4-20(3)30-28(34)24(5-2)31(18-17-21-11-7-6-8-12-21)26(33)19-32-25-16-10-14-22-13-9-15-23(27(22)25)29(32)35/h6-16,20,24H,4-5,17-19H2,1-3H3,(H,30,34)/t20-,24+/m1/s1. The fourth-order valence-electron chi connectivity index (χ4n) is 4.70. The van der Waals surface area contributed by atoms with Crippen molar-refractivity contribution < 1.29 is 14.4 Å². The van der Waals surface area contributed by atoms with Crippen LogP contribution in [0.5, 0.6) is 0 Å². The second-order valence-corrected chi connectivity index (χ2v) is 9.14. The summed E-state index contributed by atoms with van der Waals surface area (Å²) >= 11 is 0. The summed E-state index contributed by atoms with van der Waals surface area (Å²) < 4.78 is 0. The highest BCUT2D eigenvalue weighted by Crippen LogP contribution is 2.37. The first-order chi connectivity index (χ1) is 16.9. The van der Waals surface area contributed by atoms with Crippen LogP contribution in [0.25, 0.3) is 10.8 Å². The van der Waals surface area contributed by atoms with Gasteiger partial charge in [0.1, 0.15) is 12.6 Å². The van der Waals surface area contributed by atoms with Gasteiger partial charge in [0.2, 0.25) is 11.8 Å². The number of rotatable bonds is 10. The van der Waals surface area contributed by atoms with Crippen molar-refractivity contribution in [3.05, 3.63) is 77.9 Å². The first kappa shape index (κ1) is 24.5. The van der Waals surface area contributed by atoms with Crippen LogP contribution < -0.4 is 10.2 Å². The maximum absolute atomic E-state index is 13.7. The molecule has 6 heteroatoms. The van der Waals surface area contributed by atoms with Crippen LogP contribution in [0.2, 0.25) is 0 Å². The number of anilines is 1. The van der Waals surface area contributed by atoms with E-state index in [0.717, 1.165) is 28.4 Å². The van der Waals surface area contributed by atoms with Gasteiger partial charge in [-0.05, 0) is 49.3 Å². The molecule has 0 aromatic heterocycles. The summed E-state index contributed by atoms with van der Waals surface area (Å²) in [5, 5.41) is 4.89. The number of nitrogens with zero attached hydrogens (tertiary/aromatic N) is 2. The topological polar surface area (TPSA) is 69.7 Å². The van der Waals surface area contributed by atoms with Crippen LogP contribution in [-0.4, -0.2) is 47.8 Å². The monoisotopic (exact) mass is 471 g/mol. The Labute approximate surface area is 206 Å². The SMILES string of the molecule is CC[C@@H](C)NC(=O)[C@H](CC)N(CCc1ccccc1)C(=O)CN1C(=O)c2cccc3cccc1c23. The largest absolute Gasteiger partial charge is 0.352 e. The van der Waals surface area contributed by atoms with Crippen molar-refractivity contribution in [1.82, 2.24) is 10.2 Å². The van der Waals surface area contributed by atoms with Gasteiger partial charge in [0.25, 0.3) is 5.91 Å². The smallest absolute Gasteiger partial charge is 0.259 e. The van der Waals surface area contributed by atoms with Crippen molar-refractivity contribution in [2.45, 2.75) is 52.1 Å². The predicted molar refractivity (Wildman–Crippen MR) is 139 cm³/mol. The molecule has 3 amide bonds. The molecule has 1 aliphatic heterocycles. The van der Waals surface area contributed by atoms with Crippen molar-refractivity contribution >= 4 is 34.2 Å². The maximum atomic E-state index is 13.7. The van der Waals surface area contributed by atoms with Crippen molar-refractivity contribution in [3.8, 4) is 0 Å². The lowest BCUT2D eigenvalue weighted by Crippen LogP contribution is -2.54. The number of hydrogen-bond acceptors (Lipinski definition) is 3. The third-order valence-corrected chi connectivity index (χ3v) is 6.81. The molecule has 1 N–H and O–H groups in total. The summed E-state index contributed by atoms with van der Waals surface area (Å²) in [5.41, 5.74) is 2.46. The van der Waals surface area contributed by atoms with Gasteiger partial charge in [0.15, 0.2) is 0 Å². The number of nitrogens with one attached hydrogen (secondary N) is 1. The molecule has 1 aliphatic rings. The van der Waals surface area contributed by atoms with Gasteiger partial charge in [-0.1, -0.05) is 68.4 Å². The highest BCUT2D eigenvalue weighted by atomic mass is 16.2. The van der Waals surface area contributed by atoms with Crippen LogP contribution in [0.3, 0.4) is 0 Å². The Bertz CT molecular complexity index is 1220. The molecule has 0 bridgehead atoms. The van der Waals surface area contributed by atoms with Gasteiger partial charge < -0.3 is 10.2 Å². The highest BCUT2D eigenvalue weighted by Gasteiger charge is 2.35. The van der Waals surface area contributed by atoms with E-state index in [1.165, 1.54) is 0 Å². The minimum absolute atomic E-state index is 0.0230. The summed E-state index contributed by atoms with van der Waals surface area (Å²) in [6.45, 7) is 6.19. The van der Waals surface area contributed by atoms with Gasteiger partial charge >= 0.3 is 0 Å². The van der Waals surface area contributed by atoms with E-state index in [4.69, 9.17) is 0 Å². The number of benzene rings is 3. The normalized spacial score (nSPS) is 14.1. The van der Waals surface area contributed by atoms with Gasteiger partial charge in [0, 0.05) is 23.5 Å². The molecule has 0 saturated heterocycles. The van der Waals surface area contributed by atoms with E-state index in [1.807, 2.05) is 81.4 Å². The average molecular weight is 472 g/mol. The third kappa shape index (κ3) is 5.06. The summed E-state index contributed by atoms with van der Waals surface area (Å²) in [4.78, 5) is 43.4. The summed E-state index contributed by atoms with van der Waals surface area (Å²) in [5.74, 6) is -0.558. The van der Waals surface area contributed by atoms with Crippen molar-refractivity contribution in [1.29, 1.82) is 0 Å². The third-order valence-electron chi connectivity index (χ3n) is 6.81. The lowest BCUT2D eigenvalue weighted by atomic mass is 10.1. The Balaban J connectivity index is 1.60. The Morgan fingerprint density at radius 1 is 0.943 bits per heavy atom. The van der Waals surface area contributed by atoms with E-state index < -0.39 is 6.04 Å². The Morgan fingerprint density at radius 3 is 2.34 bits per heavy atom. The Kier molecular flexibility index (Phi) is 7.49. The summed E-state index contributed by atoms with van der Waals surface area (Å²) in [6, 6.07) is 20.7. The lowest BCUT2D eigenvalue weighted by Gasteiger charge is -2.32. The maximum Gasteiger partial charge on any atom is 0.259 e. The molecule has 0 aliphatic carbocycles. The molecule has 2 atom stereocenters. The van der Waals surface area contributed by atoms with Crippen LogP contribution in [0.4, 0.5) is 5.69 Å². The van der Waals surface area contributed by atoms with Crippen molar-refractivity contribution in [2.75, 3.05) is 18.0 Å². The van der Waals surface area contributed by atoms with E-state index in [1.54, 1.807) is 15.9 Å². The summed E-state index contributed by atoms with van der Waals surface area (Å²) in [7, 11) is 0. The second kappa shape index (κ2) is 10.7. The zero-order chi connectivity index (χ0) is 24.9. The molecule has 0 saturated carbocycles. The fraction of sp³-hybridized carbons (Fsp3) is 0.345. The van der Waals surface area contributed by atoms with Crippen molar-refractivity contribution in [3.63, 3.8) is 0 Å². The van der Waals surface area contributed by atoms with Gasteiger partial charge in [-0.15, -0.1) is 0 Å². The first-order valence-electron chi connectivity index (χ1n) is 12.4. The molecule has 3 aromatic carbocycles. The van der Waals surface area contributed by atoms with Gasteiger partial charge in [-0.3, -0.25) is 19.3 Å². The first-order valence-corrected chi connectivity index (χ1v) is 12.4. The second-order valence-electron chi connectivity index (χ2n) is 9.14. The van der Waals surface area contributed by atoms with Gasteiger partial charge in [-0.2, -0.15) is 0 Å². The fourth-order valence-corrected chi connectivity index (χ4v) is 4.70. The van der Waals surface area contributed by atoms with Gasteiger partial charge in [0.05, 0.1) is 5.69 Å². The highest BCUT2D eigenvalue weighted by molar-refractivity contribution is 6.26. The minimum Gasteiger partial charge on any atom is -0.352 e. The zero-order valence-corrected chi connectivity index (χ0v) is 20.7. The average Bonchev–Trinajstić information content (AvgIpc) is 3.14. The van der Waals surface area contributed by atoms with Crippen LogP contribution in [0, 0.1) is 0 Å². The lowest BCUT2D eigenvalue weighted by molar-refractivity contribution is -0.139. The van der Waals surface area contributed by atoms with E-state index in [2.05, 4.69) is 5.32 Å². The van der Waals surface area contributed by atoms with Crippen LogP contribution in [-0.2, 0) is 16.0 Å². The molecule has 35 heavy (non-hydrogen) atoms. The van der Waals surface area contributed by atoms with E-state index in [9.17, 15) is 14.4 Å². The molecule has 0 fully saturated rings. The van der Waals surface area contributed by atoms with Crippen molar-refractivity contribution in [2.24, 2.45) is 0 Å². The summed E-state index contributed by atoms with van der Waals surface area (Å²) in [6.07, 6.45) is 1.93. The molecule has 1 heterocycles. The molecule has 3 aromatic rings. The molecule has 4 rings (SSSR count). The van der Waals surface area contributed by atoms with Crippen LogP contribution in [0.1, 0.15) is 49.5 Å². The predicted octanol–water partition coefficient (Wildman–Crippen LogP) is 4.56. The Morgan fingerprint density at radius 2 is 1.66 bits per heavy atom. The molecule has 0 unspecified atom stereocenters. The molecule has 0 spiro atoms. The van der Waals surface area contributed by atoms with E-state index >= 15 is 0 Å². The molecule has 182 valence electrons. The number of carbonyl (C=O) groups is 3. The Hall–Kier alpha value is -3.67. The molecular formula is C29H33N3O3.